The van der Waals surface area contributed by atoms with E-state index in [1.807, 2.05) is 19.1 Å². The quantitative estimate of drug-likeness (QED) is 0.917. The Kier molecular flexibility index (Phi) is 4.34. The summed E-state index contributed by atoms with van der Waals surface area (Å²) in [6, 6.07) is 9.84. The first-order valence-electron chi connectivity index (χ1n) is 6.29. The third kappa shape index (κ3) is 2.93. The Morgan fingerprint density at radius 2 is 1.90 bits per heavy atom. The van der Waals surface area contributed by atoms with Crippen molar-refractivity contribution in [3.63, 3.8) is 0 Å². The zero-order chi connectivity index (χ0) is 15.6. The lowest BCUT2D eigenvalue weighted by molar-refractivity contribution is 0.0702. The molecule has 0 spiro atoms. The van der Waals surface area contributed by atoms with E-state index < -0.39 is 16.0 Å². The molecule has 0 amide bonds. The van der Waals surface area contributed by atoms with E-state index in [0.29, 0.717) is 5.69 Å². The van der Waals surface area contributed by atoms with Gasteiger partial charge in [0.05, 0.1) is 5.69 Å². The summed E-state index contributed by atoms with van der Waals surface area (Å²) >= 11 is 0.763. The van der Waals surface area contributed by atoms with Gasteiger partial charge in [0, 0.05) is 6.54 Å². The maximum absolute atomic E-state index is 12.7. The van der Waals surface area contributed by atoms with E-state index in [0.717, 1.165) is 16.9 Å². The van der Waals surface area contributed by atoms with Crippen LogP contribution in [0.3, 0.4) is 0 Å². The molecule has 2 rings (SSSR count). The minimum Gasteiger partial charge on any atom is -0.477 e. The highest BCUT2D eigenvalue weighted by Gasteiger charge is 2.27. The number of sulfonamides is 1. The standard InChI is InChI=1S/C14H15NO4S2/c1-3-15(11-7-5-4-6-10(11)2)21(18,19)13-9-8-12(20-13)14(16)17/h4-9H,3H2,1-2H3,(H,16,17). The molecule has 0 bridgehead atoms. The highest BCUT2D eigenvalue weighted by molar-refractivity contribution is 7.94. The predicted octanol–water partition coefficient (Wildman–Crippen LogP) is 2.97. The maximum atomic E-state index is 12.7. The van der Waals surface area contributed by atoms with Crippen LogP contribution in [0, 0.1) is 6.92 Å². The van der Waals surface area contributed by atoms with Gasteiger partial charge in [0.1, 0.15) is 9.09 Å². The van der Waals surface area contributed by atoms with Gasteiger partial charge in [-0.1, -0.05) is 18.2 Å². The molecular formula is C14H15NO4S2. The van der Waals surface area contributed by atoms with Gasteiger partial charge in [0.25, 0.3) is 10.0 Å². The molecule has 0 saturated heterocycles. The molecule has 0 fully saturated rings. The number of carboxylic acid groups (broad SMARTS) is 1. The van der Waals surface area contributed by atoms with E-state index in [4.69, 9.17) is 5.11 Å². The van der Waals surface area contributed by atoms with Crippen molar-refractivity contribution in [1.82, 2.24) is 0 Å². The largest absolute Gasteiger partial charge is 0.477 e. The van der Waals surface area contributed by atoms with Crippen molar-refractivity contribution in [1.29, 1.82) is 0 Å². The molecule has 1 aromatic heterocycles. The first kappa shape index (κ1) is 15.5. The van der Waals surface area contributed by atoms with E-state index >= 15 is 0 Å². The summed E-state index contributed by atoms with van der Waals surface area (Å²) in [4.78, 5) is 10.9. The summed E-state index contributed by atoms with van der Waals surface area (Å²) in [5.74, 6) is -1.12. The van der Waals surface area contributed by atoms with Crippen LogP contribution in [-0.4, -0.2) is 26.0 Å². The predicted molar refractivity (Wildman–Crippen MR) is 82.7 cm³/mol. The van der Waals surface area contributed by atoms with E-state index in [9.17, 15) is 13.2 Å². The Bertz CT molecular complexity index is 765. The van der Waals surface area contributed by atoms with Crippen LogP contribution >= 0.6 is 11.3 Å². The summed E-state index contributed by atoms with van der Waals surface area (Å²) in [5.41, 5.74) is 1.45. The SMILES string of the molecule is CCN(c1ccccc1C)S(=O)(=O)c1ccc(C(=O)O)s1. The summed E-state index contributed by atoms with van der Waals surface area (Å²) in [5, 5.41) is 8.92. The first-order chi connectivity index (χ1) is 9.87. The average molecular weight is 325 g/mol. The van der Waals surface area contributed by atoms with Crippen molar-refractivity contribution in [2.75, 3.05) is 10.8 Å². The number of benzene rings is 1. The zero-order valence-electron chi connectivity index (χ0n) is 11.6. The van der Waals surface area contributed by atoms with Crippen LogP contribution in [0.2, 0.25) is 0 Å². The Morgan fingerprint density at radius 3 is 2.43 bits per heavy atom. The third-order valence-corrected chi connectivity index (χ3v) is 6.44. The number of nitrogens with zero attached hydrogens (tertiary/aromatic N) is 1. The molecule has 0 atom stereocenters. The van der Waals surface area contributed by atoms with Crippen molar-refractivity contribution < 1.29 is 18.3 Å². The van der Waals surface area contributed by atoms with E-state index in [1.54, 1.807) is 19.1 Å². The van der Waals surface area contributed by atoms with Crippen LogP contribution in [0.25, 0.3) is 0 Å². The number of hydrogen-bond acceptors (Lipinski definition) is 4. The molecule has 5 nitrogen and oxygen atoms in total. The molecule has 1 heterocycles. The van der Waals surface area contributed by atoms with E-state index in [2.05, 4.69) is 0 Å². The molecular weight excluding hydrogens is 310 g/mol. The number of anilines is 1. The number of aromatic carboxylic acids is 1. The molecule has 0 unspecified atom stereocenters. The molecule has 0 aliphatic heterocycles. The van der Waals surface area contributed by atoms with Crippen molar-refractivity contribution in [2.24, 2.45) is 0 Å². The molecule has 0 radical (unpaired) electrons. The van der Waals surface area contributed by atoms with Gasteiger partial charge in [0.2, 0.25) is 0 Å². The first-order valence-corrected chi connectivity index (χ1v) is 8.55. The van der Waals surface area contributed by atoms with Crippen molar-refractivity contribution >= 4 is 33.0 Å². The van der Waals surface area contributed by atoms with Gasteiger partial charge in [-0.15, -0.1) is 11.3 Å². The summed E-state index contributed by atoms with van der Waals surface area (Å²) in [6.45, 7) is 3.85. The minimum absolute atomic E-state index is 0.00871. The Hall–Kier alpha value is -1.86. The Balaban J connectivity index is 2.49. The zero-order valence-corrected chi connectivity index (χ0v) is 13.2. The summed E-state index contributed by atoms with van der Waals surface area (Å²) in [7, 11) is -3.75. The molecule has 21 heavy (non-hydrogen) atoms. The molecule has 112 valence electrons. The summed E-state index contributed by atoms with van der Waals surface area (Å²) < 4.78 is 26.7. The number of hydrogen-bond donors (Lipinski definition) is 1. The number of para-hydroxylation sites is 1. The van der Waals surface area contributed by atoms with Crippen LogP contribution in [0.4, 0.5) is 5.69 Å². The third-order valence-electron chi connectivity index (χ3n) is 3.01. The van der Waals surface area contributed by atoms with Gasteiger partial charge in [-0.3, -0.25) is 4.31 Å². The number of rotatable bonds is 5. The number of thiophene rings is 1. The molecule has 0 aliphatic carbocycles. The minimum atomic E-state index is -3.75. The molecule has 2 aromatic rings. The fourth-order valence-corrected chi connectivity index (χ4v) is 4.79. The lowest BCUT2D eigenvalue weighted by atomic mass is 10.2. The topological polar surface area (TPSA) is 74.7 Å². The maximum Gasteiger partial charge on any atom is 0.345 e. The Morgan fingerprint density at radius 1 is 1.24 bits per heavy atom. The molecule has 1 N–H and O–H groups in total. The average Bonchev–Trinajstić information content (AvgIpc) is 2.92. The molecule has 0 aliphatic rings. The van der Waals surface area contributed by atoms with Crippen LogP contribution in [0.15, 0.2) is 40.6 Å². The highest BCUT2D eigenvalue weighted by atomic mass is 32.2. The van der Waals surface area contributed by atoms with Gasteiger partial charge in [0.15, 0.2) is 0 Å². The molecule has 7 heteroatoms. The van der Waals surface area contributed by atoms with Crippen LogP contribution in [0.1, 0.15) is 22.2 Å². The fraction of sp³-hybridized carbons (Fsp3) is 0.214. The number of aryl methyl sites for hydroxylation is 1. The van der Waals surface area contributed by atoms with Crippen LogP contribution in [0.5, 0.6) is 0 Å². The van der Waals surface area contributed by atoms with E-state index in [1.165, 1.54) is 16.4 Å². The molecule has 0 saturated carbocycles. The van der Waals surface area contributed by atoms with Crippen LogP contribution < -0.4 is 4.31 Å². The van der Waals surface area contributed by atoms with Crippen molar-refractivity contribution in [3.8, 4) is 0 Å². The highest BCUT2D eigenvalue weighted by Crippen LogP contribution is 2.30. The lowest BCUT2D eigenvalue weighted by Crippen LogP contribution is -2.30. The second-order valence-electron chi connectivity index (χ2n) is 4.38. The fourth-order valence-electron chi connectivity index (χ4n) is 2.00. The van der Waals surface area contributed by atoms with Crippen LogP contribution in [-0.2, 0) is 10.0 Å². The summed E-state index contributed by atoms with van der Waals surface area (Å²) in [6.07, 6.45) is 0. The van der Waals surface area contributed by atoms with E-state index in [-0.39, 0.29) is 15.6 Å². The number of carboxylic acids is 1. The number of carbonyl (C=O) groups is 1. The van der Waals surface area contributed by atoms with Gasteiger partial charge in [-0.2, -0.15) is 0 Å². The van der Waals surface area contributed by atoms with Crippen molar-refractivity contribution in [2.45, 2.75) is 18.1 Å². The monoisotopic (exact) mass is 325 g/mol. The second-order valence-corrected chi connectivity index (χ2v) is 7.55. The lowest BCUT2D eigenvalue weighted by Gasteiger charge is -2.23. The Labute approximate surface area is 127 Å². The van der Waals surface area contributed by atoms with Gasteiger partial charge >= 0.3 is 5.97 Å². The van der Waals surface area contributed by atoms with Gasteiger partial charge in [-0.25, -0.2) is 13.2 Å². The van der Waals surface area contributed by atoms with Gasteiger partial charge in [-0.05, 0) is 37.6 Å². The second kappa shape index (κ2) is 5.87. The smallest absolute Gasteiger partial charge is 0.345 e. The molecule has 1 aromatic carbocycles. The van der Waals surface area contributed by atoms with Crippen molar-refractivity contribution in [3.05, 3.63) is 46.8 Å². The van der Waals surface area contributed by atoms with Gasteiger partial charge < -0.3 is 5.11 Å². The normalized spacial score (nSPS) is 11.3.